The Labute approximate surface area is 128 Å². The summed E-state index contributed by atoms with van der Waals surface area (Å²) in [5, 5.41) is 10.00. The van der Waals surface area contributed by atoms with Gasteiger partial charge in [0.1, 0.15) is 11.6 Å². The molecule has 116 valence electrons. The molecule has 4 nitrogen and oxygen atoms in total. The van der Waals surface area contributed by atoms with Crippen LogP contribution in [0.3, 0.4) is 0 Å². The third kappa shape index (κ3) is 2.78. The Morgan fingerprint density at radius 3 is 3.00 bits per heavy atom. The highest BCUT2D eigenvalue weighted by atomic mass is 19.1. The summed E-state index contributed by atoms with van der Waals surface area (Å²) in [7, 11) is 0. The number of oxazole rings is 1. The molecule has 1 aliphatic carbocycles. The van der Waals surface area contributed by atoms with Crippen molar-refractivity contribution in [3.05, 3.63) is 53.5 Å². The number of aromatic nitrogens is 1. The van der Waals surface area contributed by atoms with Crippen LogP contribution in [0, 0.1) is 5.82 Å². The molecule has 0 amide bonds. The lowest BCUT2D eigenvalue weighted by atomic mass is 10.0. The van der Waals surface area contributed by atoms with Gasteiger partial charge in [-0.1, -0.05) is 12.1 Å². The number of rotatable bonds is 4. The second kappa shape index (κ2) is 5.48. The van der Waals surface area contributed by atoms with Gasteiger partial charge in [0.15, 0.2) is 0 Å². The number of β-amino-alcohol motifs (C(OH)–C–C–N with tert-alkyl or cyclic N) is 1. The Morgan fingerprint density at radius 1 is 1.36 bits per heavy atom. The van der Waals surface area contributed by atoms with Gasteiger partial charge < -0.3 is 9.52 Å². The molecule has 1 saturated carbocycles. The molecule has 22 heavy (non-hydrogen) atoms. The van der Waals surface area contributed by atoms with Gasteiger partial charge in [-0.3, -0.25) is 4.90 Å². The zero-order valence-corrected chi connectivity index (χ0v) is 12.3. The van der Waals surface area contributed by atoms with E-state index in [1.165, 1.54) is 18.9 Å². The fourth-order valence-electron chi connectivity index (χ4n) is 3.24. The molecule has 0 bridgehead atoms. The highest BCUT2D eigenvalue weighted by Crippen LogP contribution is 2.40. The van der Waals surface area contributed by atoms with Crippen molar-refractivity contribution in [3.63, 3.8) is 0 Å². The Bertz CT molecular complexity index is 668. The largest absolute Gasteiger partial charge is 0.444 e. The minimum Gasteiger partial charge on any atom is -0.444 e. The van der Waals surface area contributed by atoms with Crippen LogP contribution in [0.25, 0.3) is 0 Å². The standard InChI is InChI=1S/C17H19FN2O2/c18-13-3-1-2-12(6-13)15-7-14(21)9-20(15)10-17-19-8-16(22-17)11-4-5-11/h1-3,6,8,11,14-15,21H,4-5,7,9-10H2/t14-,15+/m1/s1. The van der Waals surface area contributed by atoms with Crippen LogP contribution >= 0.6 is 0 Å². The van der Waals surface area contributed by atoms with Crippen molar-refractivity contribution < 1.29 is 13.9 Å². The van der Waals surface area contributed by atoms with E-state index in [0.29, 0.717) is 31.3 Å². The van der Waals surface area contributed by atoms with E-state index in [2.05, 4.69) is 9.88 Å². The Hall–Kier alpha value is -1.72. The van der Waals surface area contributed by atoms with Gasteiger partial charge in [-0.15, -0.1) is 0 Å². The maximum absolute atomic E-state index is 13.5. The van der Waals surface area contributed by atoms with E-state index in [1.54, 1.807) is 12.1 Å². The monoisotopic (exact) mass is 302 g/mol. The van der Waals surface area contributed by atoms with E-state index in [0.717, 1.165) is 11.3 Å². The maximum atomic E-state index is 13.5. The predicted octanol–water partition coefficient (Wildman–Crippen LogP) is 3.00. The van der Waals surface area contributed by atoms with Crippen LogP contribution in [0.2, 0.25) is 0 Å². The molecule has 1 N–H and O–H groups in total. The molecule has 2 heterocycles. The Balaban J connectivity index is 1.53. The van der Waals surface area contributed by atoms with E-state index < -0.39 is 6.10 Å². The van der Waals surface area contributed by atoms with Crippen LogP contribution in [-0.4, -0.2) is 27.6 Å². The fraction of sp³-hybridized carbons (Fsp3) is 0.471. The number of likely N-dealkylation sites (tertiary alicyclic amines) is 1. The SMILES string of the molecule is O[C@@H]1C[C@@H](c2cccc(F)c2)N(Cc2ncc(C3CC3)o2)C1. The minimum absolute atomic E-state index is 0.00183. The van der Waals surface area contributed by atoms with Crippen LogP contribution in [-0.2, 0) is 6.54 Å². The van der Waals surface area contributed by atoms with Crippen molar-refractivity contribution in [1.29, 1.82) is 0 Å². The van der Waals surface area contributed by atoms with Crippen LogP contribution in [0.1, 0.15) is 48.4 Å². The highest BCUT2D eigenvalue weighted by Gasteiger charge is 2.34. The number of aliphatic hydroxyl groups excluding tert-OH is 1. The van der Waals surface area contributed by atoms with Crippen LogP contribution in [0.5, 0.6) is 0 Å². The number of hydrogen-bond acceptors (Lipinski definition) is 4. The fourth-order valence-corrected chi connectivity index (χ4v) is 3.24. The number of hydrogen-bond donors (Lipinski definition) is 1. The zero-order chi connectivity index (χ0) is 15.1. The number of nitrogens with zero attached hydrogens (tertiary/aromatic N) is 2. The predicted molar refractivity (Wildman–Crippen MR) is 78.7 cm³/mol. The van der Waals surface area contributed by atoms with Gasteiger partial charge >= 0.3 is 0 Å². The molecule has 1 aliphatic heterocycles. The van der Waals surface area contributed by atoms with Crippen LogP contribution < -0.4 is 0 Å². The summed E-state index contributed by atoms with van der Waals surface area (Å²) in [5.74, 6) is 1.95. The van der Waals surface area contributed by atoms with Gasteiger partial charge in [0.05, 0.1) is 18.8 Å². The molecule has 1 aromatic heterocycles. The highest BCUT2D eigenvalue weighted by molar-refractivity contribution is 5.22. The normalized spacial score (nSPS) is 25.7. The van der Waals surface area contributed by atoms with Gasteiger partial charge in [-0.25, -0.2) is 9.37 Å². The van der Waals surface area contributed by atoms with Gasteiger partial charge in [0.25, 0.3) is 0 Å². The molecule has 2 aromatic rings. The first-order chi connectivity index (χ1) is 10.7. The number of aliphatic hydroxyl groups is 1. The molecular formula is C17H19FN2O2. The van der Waals surface area contributed by atoms with Crippen molar-refractivity contribution in [3.8, 4) is 0 Å². The minimum atomic E-state index is -0.397. The third-order valence-corrected chi connectivity index (χ3v) is 4.50. The van der Waals surface area contributed by atoms with Gasteiger partial charge in [0.2, 0.25) is 5.89 Å². The second-order valence-corrected chi connectivity index (χ2v) is 6.32. The summed E-state index contributed by atoms with van der Waals surface area (Å²) >= 11 is 0. The van der Waals surface area contributed by atoms with E-state index in [4.69, 9.17) is 4.42 Å². The van der Waals surface area contributed by atoms with Crippen molar-refractivity contribution in [1.82, 2.24) is 9.88 Å². The van der Waals surface area contributed by atoms with E-state index in [9.17, 15) is 9.50 Å². The molecule has 5 heteroatoms. The molecule has 2 aliphatic rings. The first-order valence-electron chi connectivity index (χ1n) is 7.81. The molecular weight excluding hydrogens is 283 g/mol. The van der Waals surface area contributed by atoms with Gasteiger partial charge in [-0.2, -0.15) is 0 Å². The van der Waals surface area contributed by atoms with E-state index in [1.807, 2.05) is 12.3 Å². The molecule has 1 aromatic carbocycles. The Kier molecular flexibility index (Phi) is 3.47. The van der Waals surface area contributed by atoms with Crippen molar-refractivity contribution in [2.24, 2.45) is 0 Å². The maximum Gasteiger partial charge on any atom is 0.208 e. The van der Waals surface area contributed by atoms with Gasteiger partial charge in [-0.05, 0) is 37.0 Å². The molecule has 1 saturated heterocycles. The molecule has 0 unspecified atom stereocenters. The first kappa shape index (κ1) is 13.9. The first-order valence-corrected chi connectivity index (χ1v) is 7.81. The van der Waals surface area contributed by atoms with Crippen molar-refractivity contribution in [2.45, 2.75) is 43.9 Å². The number of halogens is 1. The summed E-state index contributed by atoms with van der Waals surface area (Å²) in [6.07, 6.45) is 4.40. The van der Waals surface area contributed by atoms with Crippen molar-refractivity contribution >= 4 is 0 Å². The zero-order valence-electron chi connectivity index (χ0n) is 12.3. The number of benzene rings is 1. The van der Waals surface area contributed by atoms with Crippen LogP contribution in [0.4, 0.5) is 4.39 Å². The lowest BCUT2D eigenvalue weighted by Gasteiger charge is -2.23. The summed E-state index contributed by atoms with van der Waals surface area (Å²) in [5.41, 5.74) is 0.894. The molecule has 2 atom stereocenters. The van der Waals surface area contributed by atoms with E-state index in [-0.39, 0.29) is 11.9 Å². The third-order valence-electron chi connectivity index (χ3n) is 4.50. The molecule has 2 fully saturated rings. The van der Waals surface area contributed by atoms with Crippen molar-refractivity contribution in [2.75, 3.05) is 6.54 Å². The lowest BCUT2D eigenvalue weighted by molar-refractivity contribution is 0.166. The summed E-state index contributed by atoms with van der Waals surface area (Å²) in [6.45, 7) is 1.10. The molecule has 4 rings (SSSR count). The quantitative estimate of drug-likeness (QED) is 0.943. The van der Waals surface area contributed by atoms with Gasteiger partial charge in [0, 0.05) is 18.5 Å². The second-order valence-electron chi connectivity index (χ2n) is 6.32. The average molecular weight is 302 g/mol. The molecule has 0 radical (unpaired) electrons. The molecule has 0 spiro atoms. The summed E-state index contributed by atoms with van der Waals surface area (Å²) in [4.78, 5) is 6.46. The smallest absolute Gasteiger partial charge is 0.208 e. The summed E-state index contributed by atoms with van der Waals surface area (Å²) in [6, 6.07) is 6.60. The summed E-state index contributed by atoms with van der Waals surface area (Å²) < 4.78 is 19.3. The Morgan fingerprint density at radius 2 is 2.23 bits per heavy atom. The lowest BCUT2D eigenvalue weighted by Crippen LogP contribution is -2.24. The van der Waals surface area contributed by atoms with E-state index >= 15 is 0 Å². The average Bonchev–Trinajstić information content (AvgIpc) is 3.13. The topological polar surface area (TPSA) is 49.5 Å². The van der Waals surface area contributed by atoms with Crippen LogP contribution in [0.15, 0.2) is 34.9 Å².